The Labute approximate surface area is 118 Å². The molecule has 1 aromatic carbocycles. The summed E-state index contributed by atoms with van der Waals surface area (Å²) in [5, 5.41) is 2.52. The van der Waals surface area contributed by atoms with Crippen molar-refractivity contribution in [3.05, 3.63) is 59.4 Å². The standard InChI is InChI=1S/C14H12F3N3O/c15-14(16,17)10-3-1-2-9(6-10)7-20-13(21)11-4-5-19-8-12(11)18/h1-6,8H,7,18H2,(H,20,21). The lowest BCUT2D eigenvalue weighted by atomic mass is 10.1. The molecule has 0 saturated heterocycles. The lowest BCUT2D eigenvalue weighted by Gasteiger charge is -2.10. The fourth-order valence-electron chi connectivity index (χ4n) is 1.75. The lowest BCUT2D eigenvalue weighted by molar-refractivity contribution is -0.137. The highest BCUT2D eigenvalue weighted by Gasteiger charge is 2.30. The summed E-state index contributed by atoms with van der Waals surface area (Å²) >= 11 is 0. The minimum absolute atomic E-state index is 0.0233. The highest BCUT2D eigenvalue weighted by Crippen LogP contribution is 2.29. The zero-order valence-electron chi connectivity index (χ0n) is 10.8. The van der Waals surface area contributed by atoms with Crippen molar-refractivity contribution < 1.29 is 18.0 Å². The molecule has 0 fully saturated rings. The van der Waals surface area contributed by atoms with Crippen LogP contribution >= 0.6 is 0 Å². The molecule has 0 spiro atoms. The van der Waals surface area contributed by atoms with Crippen LogP contribution in [0.3, 0.4) is 0 Å². The second-order valence-electron chi connectivity index (χ2n) is 4.34. The van der Waals surface area contributed by atoms with Gasteiger partial charge in [0.15, 0.2) is 0 Å². The predicted octanol–water partition coefficient (Wildman–Crippen LogP) is 2.61. The van der Waals surface area contributed by atoms with Crippen LogP contribution in [0, 0.1) is 0 Å². The highest BCUT2D eigenvalue weighted by atomic mass is 19.4. The number of alkyl halides is 3. The molecule has 0 aliphatic rings. The van der Waals surface area contributed by atoms with Crippen molar-refractivity contribution in [3.8, 4) is 0 Å². The summed E-state index contributed by atoms with van der Waals surface area (Å²) in [6.07, 6.45) is -1.66. The van der Waals surface area contributed by atoms with E-state index >= 15 is 0 Å². The van der Waals surface area contributed by atoms with Gasteiger partial charge in [-0.3, -0.25) is 9.78 Å². The number of amides is 1. The SMILES string of the molecule is Nc1cnccc1C(=O)NCc1cccc(C(F)(F)F)c1. The van der Waals surface area contributed by atoms with E-state index in [1.54, 1.807) is 0 Å². The monoisotopic (exact) mass is 295 g/mol. The van der Waals surface area contributed by atoms with Crippen molar-refractivity contribution in [3.63, 3.8) is 0 Å². The molecule has 2 rings (SSSR count). The van der Waals surface area contributed by atoms with Crippen molar-refractivity contribution in [2.45, 2.75) is 12.7 Å². The smallest absolute Gasteiger partial charge is 0.397 e. The van der Waals surface area contributed by atoms with Gasteiger partial charge < -0.3 is 11.1 Å². The van der Waals surface area contributed by atoms with Crippen LogP contribution in [-0.2, 0) is 12.7 Å². The minimum Gasteiger partial charge on any atom is -0.397 e. The van der Waals surface area contributed by atoms with Crippen molar-refractivity contribution in [1.82, 2.24) is 10.3 Å². The topological polar surface area (TPSA) is 68.0 Å². The van der Waals surface area contributed by atoms with Gasteiger partial charge in [0.1, 0.15) is 0 Å². The Kier molecular flexibility index (Phi) is 4.11. The Balaban J connectivity index is 2.07. The number of rotatable bonds is 3. The van der Waals surface area contributed by atoms with Gasteiger partial charge >= 0.3 is 6.18 Å². The molecule has 110 valence electrons. The molecule has 0 atom stereocenters. The Bertz CT molecular complexity index is 656. The van der Waals surface area contributed by atoms with E-state index in [4.69, 9.17) is 5.73 Å². The molecule has 1 amide bonds. The maximum atomic E-state index is 12.6. The number of hydrogen-bond acceptors (Lipinski definition) is 3. The number of aromatic nitrogens is 1. The van der Waals surface area contributed by atoms with Gasteiger partial charge in [0.2, 0.25) is 0 Å². The first-order valence-corrected chi connectivity index (χ1v) is 6.02. The van der Waals surface area contributed by atoms with Crippen molar-refractivity contribution >= 4 is 11.6 Å². The van der Waals surface area contributed by atoms with Crippen molar-refractivity contribution in [2.24, 2.45) is 0 Å². The molecule has 1 aromatic heterocycles. The van der Waals surface area contributed by atoms with Gasteiger partial charge in [-0.25, -0.2) is 0 Å². The van der Waals surface area contributed by atoms with Crippen LogP contribution in [-0.4, -0.2) is 10.9 Å². The quantitative estimate of drug-likeness (QED) is 0.914. The summed E-state index contributed by atoms with van der Waals surface area (Å²) in [5.41, 5.74) is 5.64. The molecule has 0 radical (unpaired) electrons. The summed E-state index contributed by atoms with van der Waals surface area (Å²) in [6.45, 7) is -0.0233. The third-order valence-electron chi connectivity index (χ3n) is 2.80. The van der Waals surface area contributed by atoms with Crippen LogP contribution in [0.5, 0.6) is 0 Å². The first-order valence-electron chi connectivity index (χ1n) is 6.02. The number of anilines is 1. The first-order chi connectivity index (χ1) is 9.88. The Morgan fingerprint density at radius 3 is 2.71 bits per heavy atom. The van der Waals surface area contributed by atoms with E-state index in [-0.39, 0.29) is 17.8 Å². The number of carbonyl (C=O) groups is 1. The second-order valence-corrected chi connectivity index (χ2v) is 4.34. The van der Waals surface area contributed by atoms with E-state index in [0.29, 0.717) is 5.56 Å². The van der Waals surface area contributed by atoms with Crippen LogP contribution in [0.15, 0.2) is 42.7 Å². The third-order valence-corrected chi connectivity index (χ3v) is 2.80. The maximum absolute atomic E-state index is 12.6. The fourth-order valence-corrected chi connectivity index (χ4v) is 1.75. The highest BCUT2D eigenvalue weighted by molar-refractivity contribution is 5.98. The average Bonchev–Trinajstić information content (AvgIpc) is 2.45. The normalized spacial score (nSPS) is 11.2. The third kappa shape index (κ3) is 3.71. The van der Waals surface area contributed by atoms with Crippen LogP contribution < -0.4 is 11.1 Å². The molecule has 7 heteroatoms. The Morgan fingerprint density at radius 2 is 2.05 bits per heavy atom. The molecule has 0 aliphatic heterocycles. The Morgan fingerprint density at radius 1 is 1.29 bits per heavy atom. The molecular formula is C14H12F3N3O. The number of hydrogen-bond donors (Lipinski definition) is 2. The van der Waals surface area contributed by atoms with Gasteiger partial charge in [-0.2, -0.15) is 13.2 Å². The number of nitrogens with two attached hydrogens (primary N) is 1. The van der Waals surface area contributed by atoms with Gasteiger partial charge in [-0.1, -0.05) is 12.1 Å². The summed E-state index contributed by atoms with van der Waals surface area (Å²) in [4.78, 5) is 15.6. The van der Waals surface area contributed by atoms with Crippen molar-refractivity contribution in [2.75, 3.05) is 5.73 Å². The van der Waals surface area contributed by atoms with Gasteiger partial charge in [-0.05, 0) is 23.8 Å². The summed E-state index contributed by atoms with van der Waals surface area (Å²) < 4.78 is 37.7. The van der Waals surface area contributed by atoms with Gasteiger partial charge in [0.05, 0.1) is 23.0 Å². The van der Waals surface area contributed by atoms with Crippen LogP contribution in [0.1, 0.15) is 21.5 Å². The van der Waals surface area contributed by atoms with E-state index in [0.717, 1.165) is 12.1 Å². The van der Waals surface area contributed by atoms with Gasteiger partial charge in [0.25, 0.3) is 5.91 Å². The molecule has 2 aromatic rings. The predicted molar refractivity (Wildman–Crippen MR) is 71.3 cm³/mol. The van der Waals surface area contributed by atoms with E-state index < -0.39 is 17.6 Å². The largest absolute Gasteiger partial charge is 0.416 e. The molecule has 21 heavy (non-hydrogen) atoms. The van der Waals surface area contributed by atoms with Gasteiger partial charge in [-0.15, -0.1) is 0 Å². The molecule has 1 heterocycles. The molecule has 4 nitrogen and oxygen atoms in total. The first kappa shape index (κ1) is 14.8. The maximum Gasteiger partial charge on any atom is 0.416 e. The molecular weight excluding hydrogens is 283 g/mol. The average molecular weight is 295 g/mol. The van der Waals surface area contributed by atoms with E-state index in [2.05, 4.69) is 10.3 Å². The van der Waals surface area contributed by atoms with E-state index in [9.17, 15) is 18.0 Å². The summed E-state index contributed by atoms with van der Waals surface area (Å²) in [5.74, 6) is -0.465. The number of benzene rings is 1. The summed E-state index contributed by atoms with van der Waals surface area (Å²) in [7, 11) is 0. The molecule has 0 aliphatic carbocycles. The van der Waals surface area contributed by atoms with Gasteiger partial charge in [0, 0.05) is 12.7 Å². The molecule has 0 saturated carbocycles. The minimum atomic E-state index is -4.41. The number of nitrogens with one attached hydrogen (secondary N) is 1. The molecule has 0 bridgehead atoms. The number of nitrogens with zero attached hydrogens (tertiary/aromatic N) is 1. The zero-order chi connectivity index (χ0) is 15.5. The summed E-state index contributed by atoms with van der Waals surface area (Å²) in [6, 6.07) is 6.22. The van der Waals surface area contributed by atoms with Crippen molar-refractivity contribution in [1.29, 1.82) is 0 Å². The number of halogens is 3. The molecule has 3 N–H and O–H groups in total. The van der Waals surface area contributed by atoms with E-state index in [1.165, 1.54) is 30.6 Å². The van der Waals surface area contributed by atoms with Crippen LogP contribution in [0.2, 0.25) is 0 Å². The lowest BCUT2D eigenvalue weighted by Crippen LogP contribution is -2.24. The molecule has 0 unspecified atom stereocenters. The second kappa shape index (κ2) is 5.82. The Hall–Kier alpha value is -2.57. The fraction of sp³-hybridized carbons (Fsp3) is 0.143. The van der Waals surface area contributed by atoms with Crippen LogP contribution in [0.4, 0.5) is 18.9 Å². The van der Waals surface area contributed by atoms with Crippen LogP contribution in [0.25, 0.3) is 0 Å². The number of pyridine rings is 1. The number of carbonyl (C=O) groups excluding carboxylic acids is 1. The van der Waals surface area contributed by atoms with E-state index in [1.807, 2.05) is 0 Å². The zero-order valence-corrected chi connectivity index (χ0v) is 10.8. The number of nitrogen functional groups attached to an aromatic ring is 1.